The molecule has 0 aromatic carbocycles. The molecule has 0 radical (unpaired) electrons. The first kappa shape index (κ1) is 10.4. The SMILES string of the molecule is CNC(CSC)C1CCOCC1. The number of hydrogen-bond donors (Lipinski definition) is 1. The van der Waals surface area contributed by atoms with E-state index in [0.29, 0.717) is 6.04 Å². The van der Waals surface area contributed by atoms with E-state index in [2.05, 4.69) is 18.6 Å². The van der Waals surface area contributed by atoms with Gasteiger partial charge in [-0.25, -0.2) is 0 Å². The lowest BCUT2D eigenvalue weighted by molar-refractivity contribution is 0.0575. The van der Waals surface area contributed by atoms with E-state index in [1.165, 1.54) is 18.6 Å². The summed E-state index contributed by atoms with van der Waals surface area (Å²) >= 11 is 1.92. The Labute approximate surface area is 79.4 Å². The van der Waals surface area contributed by atoms with Crippen molar-refractivity contribution in [3.63, 3.8) is 0 Å². The van der Waals surface area contributed by atoms with Gasteiger partial charge in [0.05, 0.1) is 0 Å². The van der Waals surface area contributed by atoms with Crippen LogP contribution < -0.4 is 5.32 Å². The van der Waals surface area contributed by atoms with Crippen LogP contribution in [-0.2, 0) is 4.74 Å². The summed E-state index contributed by atoms with van der Waals surface area (Å²) in [5, 5.41) is 3.40. The van der Waals surface area contributed by atoms with Gasteiger partial charge in [0, 0.05) is 25.0 Å². The molecule has 1 unspecified atom stereocenters. The number of hydrogen-bond acceptors (Lipinski definition) is 3. The zero-order chi connectivity index (χ0) is 8.81. The Morgan fingerprint density at radius 1 is 1.50 bits per heavy atom. The average molecular weight is 189 g/mol. The fourth-order valence-electron chi connectivity index (χ4n) is 1.75. The molecule has 1 fully saturated rings. The molecule has 2 nitrogen and oxygen atoms in total. The van der Waals surface area contributed by atoms with Crippen molar-refractivity contribution in [3.8, 4) is 0 Å². The second-order valence-electron chi connectivity index (χ2n) is 3.30. The Morgan fingerprint density at radius 2 is 2.17 bits per heavy atom. The van der Waals surface area contributed by atoms with Crippen LogP contribution in [0.3, 0.4) is 0 Å². The summed E-state index contributed by atoms with van der Waals surface area (Å²) in [6.07, 6.45) is 4.63. The summed E-state index contributed by atoms with van der Waals surface area (Å²) in [6.45, 7) is 1.91. The van der Waals surface area contributed by atoms with Crippen molar-refractivity contribution in [2.45, 2.75) is 18.9 Å². The topological polar surface area (TPSA) is 21.3 Å². The summed E-state index contributed by atoms with van der Waals surface area (Å²) in [6, 6.07) is 0.684. The van der Waals surface area contributed by atoms with Gasteiger partial charge in [0.2, 0.25) is 0 Å². The van der Waals surface area contributed by atoms with Crippen molar-refractivity contribution in [3.05, 3.63) is 0 Å². The maximum Gasteiger partial charge on any atom is 0.0469 e. The van der Waals surface area contributed by atoms with Crippen molar-refractivity contribution < 1.29 is 4.74 Å². The zero-order valence-electron chi connectivity index (χ0n) is 8.01. The molecule has 1 aliphatic rings. The Bertz CT molecular complexity index is 112. The highest BCUT2D eigenvalue weighted by Gasteiger charge is 2.21. The van der Waals surface area contributed by atoms with Crippen molar-refractivity contribution in [2.24, 2.45) is 5.92 Å². The van der Waals surface area contributed by atoms with Gasteiger partial charge in [0.15, 0.2) is 0 Å². The molecular formula is C9H19NOS. The highest BCUT2D eigenvalue weighted by Crippen LogP contribution is 2.20. The first-order chi connectivity index (χ1) is 5.88. The third-order valence-corrected chi connectivity index (χ3v) is 3.24. The highest BCUT2D eigenvalue weighted by atomic mass is 32.2. The summed E-state index contributed by atoms with van der Waals surface area (Å²) in [5.74, 6) is 2.05. The van der Waals surface area contributed by atoms with Crippen LogP contribution in [-0.4, -0.2) is 38.3 Å². The van der Waals surface area contributed by atoms with Gasteiger partial charge >= 0.3 is 0 Å². The first-order valence-corrected chi connectivity index (χ1v) is 6.01. The predicted molar refractivity (Wildman–Crippen MR) is 54.8 cm³/mol. The molecule has 3 heteroatoms. The lowest BCUT2D eigenvalue weighted by atomic mass is 9.93. The van der Waals surface area contributed by atoms with Crippen molar-refractivity contribution in [1.82, 2.24) is 5.32 Å². The minimum Gasteiger partial charge on any atom is -0.381 e. The third-order valence-electron chi connectivity index (χ3n) is 2.55. The average Bonchev–Trinajstić information content (AvgIpc) is 2.15. The lowest BCUT2D eigenvalue weighted by Gasteiger charge is -2.29. The molecule has 0 amide bonds. The van der Waals surface area contributed by atoms with Crippen LogP contribution in [0.25, 0.3) is 0 Å². The molecule has 0 saturated carbocycles. The van der Waals surface area contributed by atoms with Gasteiger partial charge in [-0.1, -0.05) is 0 Å². The van der Waals surface area contributed by atoms with E-state index >= 15 is 0 Å². The van der Waals surface area contributed by atoms with Crippen molar-refractivity contribution in [2.75, 3.05) is 32.3 Å². The summed E-state index contributed by atoms with van der Waals surface area (Å²) in [4.78, 5) is 0. The summed E-state index contributed by atoms with van der Waals surface area (Å²) in [7, 11) is 2.07. The fourth-order valence-corrected chi connectivity index (χ4v) is 2.55. The standard InChI is InChI=1S/C9H19NOS/c1-10-9(7-12-2)8-3-5-11-6-4-8/h8-10H,3-7H2,1-2H3. The number of thioether (sulfide) groups is 1. The Balaban J connectivity index is 2.29. The van der Waals surface area contributed by atoms with Crippen molar-refractivity contribution in [1.29, 1.82) is 0 Å². The molecule has 0 spiro atoms. The number of ether oxygens (including phenoxy) is 1. The molecule has 1 heterocycles. The minimum atomic E-state index is 0.684. The van der Waals surface area contributed by atoms with Gasteiger partial charge < -0.3 is 10.1 Å². The van der Waals surface area contributed by atoms with Crippen LogP contribution in [0.2, 0.25) is 0 Å². The summed E-state index contributed by atoms with van der Waals surface area (Å²) in [5.41, 5.74) is 0. The van der Waals surface area contributed by atoms with Gasteiger partial charge in [-0.05, 0) is 32.1 Å². The number of rotatable bonds is 4. The van der Waals surface area contributed by atoms with E-state index in [1.807, 2.05) is 11.8 Å². The second kappa shape index (κ2) is 5.84. The van der Waals surface area contributed by atoms with E-state index in [4.69, 9.17) is 4.74 Å². The van der Waals surface area contributed by atoms with Gasteiger partial charge in [-0.3, -0.25) is 0 Å². The third kappa shape index (κ3) is 2.96. The van der Waals surface area contributed by atoms with Gasteiger partial charge in [0.1, 0.15) is 0 Å². The van der Waals surface area contributed by atoms with Crippen LogP contribution in [0.15, 0.2) is 0 Å². The lowest BCUT2D eigenvalue weighted by Crippen LogP contribution is -2.38. The van der Waals surface area contributed by atoms with Crippen LogP contribution in [0.5, 0.6) is 0 Å². The first-order valence-electron chi connectivity index (χ1n) is 4.62. The van der Waals surface area contributed by atoms with Gasteiger partial charge in [0.25, 0.3) is 0 Å². The Morgan fingerprint density at radius 3 is 2.67 bits per heavy atom. The van der Waals surface area contributed by atoms with Gasteiger partial charge in [-0.15, -0.1) is 0 Å². The minimum absolute atomic E-state index is 0.684. The van der Waals surface area contributed by atoms with E-state index in [-0.39, 0.29) is 0 Å². The maximum absolute atomic E-state index is 5.34. The van der Waals surface area contributed by atoms with Crippen LogP contribution in [0.1, 0.15) is 12.8 Å². The molecule has 0 aromatic rings. The molecule has 1 rings (SSSR count). The summed E-state index contributed by atoms with van der Waals surface area (Å²) < 4.78 is 5.34. The number of nitrogens with one attached hydrogen (secondary N) is 1. The molecule has 1 saturated heterocycles. The van der Waals surface area contributed by atoms with Crippen LogP contribution in [0.4, 0.5) is 0 Å². The molecule has 1 atom stereocenters. The predicted octanol–water partition coefficient (Wildman–Crippen LogP) is 1.36. The second-order valence-corrected chi connectivity index (χ2v) is 4.21. The van der Waals surface area contributed by atoms with Crippen LogP contribution in [0, 0.1) is 5.92 Å². The van der Waals surface area contributed by atoms with Gasteiger partial charge in [-0.2, -0.15) is 11.8 Å². The largest absolute Gasteiger partial charge is 0.381 e. The van der Waals surface area contributed by atoms with E-state index in [9.17, 15) is 0 Å². The molecule has 0 aliphatic carbocycles. The van der Waals surface area contributed by atoms with E-state index < -0.39 is 0 Å². The quantitative estimate of drug-likeness (QED) is 0.721. The smallest absolute Gasteiger partial charge is 0.0469 e. The Kier molecular flexibility index (Phi) is 5.04. The normalized spacial score (nSPS) is 22.5. The Hall–Kier alpha value is 0.270. The maximum atomic E-state index is 5.34. The van der Waals surface area contributed by atoms with Crippen LogP contribution >= 0.6 is 11.8 Å². The van der Waals surface area contributed by atoms with E-state index in [1.54, 1.807) is 0 Å². The highest BCUT2D eigenvalue weighted by molar-refractivity contribution is 7.98. The fraction of sp³-hybridized carbons (Fsp3) is 1.00. The molecule has 1 aliphatic heterocycles. The molecule has 0 aromatic heterocycles. The molecular weight excluding hydrogens is 170 g/mol. The molecule has 0 bridgehead atoms. The molecule has 72 valence electrons. The zero-order valence-corrected chi connectivity index (χ0v) is 8.82. The monoisotopic (exact) mass is 189 g/mol. The van der Waals surface area contributed by atoms with E-state index in [0.717, 1.165) is 19.1 Å². The molecule has 12 heavy (non-hydrogen) atoms. The molecule has 1 N–H and O–H groups in total. The van der Waals surface area contributed by atoms with Crippen molar-refractivity contribution >= 4 is 11.8 Å².